The summed E-state index contributed by atoms with van der Waals surface area (Å²) in [7, 11) is 0. The quantitative estimate of drug-likeness (QED) is 0.611. The van der Waals surface area contributed by atoms with E-state index in [1.807, 2.05) is 31.2 Å². The molecule has 0 N–H and O–H groups in total. The molecular weight excluding hydrogens is 164 g/mol. The lowest BCUT2D eigenvalue weighted by atomic mass is 9.79. The van der Waals surface area contributed by atoms with Crippen LogP contribution in [0.25, 0.3) is 0 Å². The maximum absolute atomic E-state index is 11.0. The maximum atomic E-state index is 11.0. The Morgan fingerprint density at radius 2 is 2.23 bits per heavy atom. The third-order valence-corrected chi connectivity index (χ3v) is 2.64. The highest BCUT2D eigenvalue weighted by atomic mass is 16.5. The summed E-state index contributed by atoms with van der Waals surface area (Å²) in [6.07, 6.45) is 1.79. The minimum absolute atomic E-state index is 0.352. The van der Waals surface area contributed by atoms with Crippen LogP contribution in [0.5, 0.6) is 5.75 Å². The predicted octanol–water partition coefficient (Wildman–Crippen LogP) is 1.93. The molecule has 0 aliphatic carbocycles. The summed E-state index contributed by atoms with van der Waals surface area (Å²) >= 11 is 0. The van der Waals surface area contributed by atoms with Gasteiger partial charge in [0.05, 0.1) is 12.0 Å². The molecule has 2 heteroatoms. The number of carbonyl (C=O) groups is 1. The van der Waals surface area contributed by atoms with Gasteiger partial charge in [-0.3, -0.25) is 0 Å². The zero-order valence-electron chi connectivity index (χ0n) is 7.62. The van der Waals surface area contributed by atoms with E-state index >= 15 is 0 Å². The molecule has 1 aromatic carbocycles. The highest BCUT2D eigenvalue weighted by Crippen LogP contribution is 2.36. The second-order valence-electron chi connectivity index (χ2n) is 3.63. The monoisotopic (exact) mass is 176 g/mol. The molecule has 1 unspecified atom stereocenters. The number of carbonyl (C=O) groups excluding carboxylic acids is 1. The molecule has 68 valence electrons. The Hall–Kier alpha value is -1.31. The fourth-order valence-corrected chi connectivity index (χ4v) is 1.69. The van der Waals surface area contributed by atoms with Crippen LogP contribution in [0.4, 0.5) is 0 Å². The molecule has 0 fully saturated rings. The third-order valence-electron chi connectivity index (χ3n) is 2.64. The van der Waals surface area contributed by atoms with E-state index < -0.39 is 0 Å². The third kappa shape index (κ3) is 1.22. The first kappa shape index (κ1) is 8.30. The largest absolute Gasteiger partial charge is 0.493 e. The van der Waals surface area contributed by atoms with Crippen molar-refractivity contribution in [2.24, 2.45) is 0 Å². The van der Waals surface area contributed by atoms with E-state index in [9.17, 15) is 4.79 Å². The van der Waals surface area contributed by atoms with Crippen LogP contribution in [0.2, 0.25) is 0 Å². The summed E-state index contributed by atoms with van der Waals surface area (Å²) in [5, 5.41) is 0. The van der Waals surface area contributed by atoms with Gasteiger partial charge in [-0.2, -0.15) is 0 Å². The number of hydrogen-bond donors (Lipinski definition) is 0. The molecule has 0 amide bonds. The Morgan fingerprint density at radius 1 is 1.46 bits per heavy atom. The molecule has 1 aliphatic heterocycles. The number of aldehydes is 1. The van der Waals surface area contributed by atoms with Gasteiger partial charge in [0.2, 0.25) is 0 Å². The van der Waals surface area contributed by atoms with E-state index in [4.69, 9.17) is 4.74 Å². The fourth-order valence-electron chi connectivity index (χ4n) is 1.69. The van der Waals surface area contributed by atoms with Crippen LogP contribution in [-0.4, -0.2) is 12.9 Å². The molecule has 1 aromatic rings. The van der Waals surface area contributed by atoms with E-state index in [1.165, 1.54) is 0 Å². The summed E-state index contributed by atoms with van der Waals surface area (Å²) in [5.41, 5.74) is 0.658. The Kier molecular flexibility index (Phi) is 1.83. The molecule has 0 saturated carbocycles. The van der Waals surface area contributed by atoms with Crippen LogP contribution in [0.15, 0.2) is 24.3 Å². The Balaban J connectivity index is 2.54. The lowest BCUT2D eigenvalue weighted by Gasteiger charge is -2.30. The van der Waals surface area contributed by atoms with Crippen LogP contribution in [-0.2, 0) is 10.2 Å². The summed E-state index contributed by atoms with van der Waals surface area (Å²) in [4.78, 5) is 11.0. The lowest BCUT2D eigenvalue weighted by molar-refractivity contribution is -0.113. The van der Waals surface area contributed by atoms with Crippen molar-refractivity contribution in [3.05, 3.63) is 29.8 Å². The van der Waals surface area contributed by atoms with E-state index in [1.54, 1.807) is 0 Å². The van der Waals surface area contributed by atoms with Gasteiger partial charge in [-0.05, 0) is 19.4 Å². The van der Waals surface area contributed by atoms with Crippen molar-refractivity contribution in [1.29, 1.82) is 0 Å². The number of fused-ring (bicyclic) bond motifs is 1. The van der Waals surface area contributed by atoms with Crippen molar-refractivity contribution >= 4 is 6.29 Å². The van der Waals surface area contributed by atoms with Gasteiger partial charge in [0, 0.05) is 5.56 Å². The van der Waals surface area contributed by atoms with Crippen molar-refractivity contribution in [3.63, 3.8) is 0 Å². The zero-order valence-corrected chi connectivity index (χ0v) is 7.62. The summed E-state index contributed by atoms with van der Waals surface area (Å²) in [5.74, 6) is 0.850. The number of ether oxygens (including phenoxy) is 1. The van der Waals surface area contributed by atoms with Gasteiger partial charge >= 0.3 is 0 Å². The van der Waals surface area contributed by atoms with Gasteiger partial charge in [-0.1, -0.05) is 18.2 Å². The minimum Gasteiger partial charge on any atom is -0.493 e. The zero-order chi connectivity index (χ0) is 9.31. The van der Waals surface area contributed by atoms with E-state index in [0.29, 0.717) is 6.61 Å². The molecule has 13 heavy (non-hydrogen) atoms. The van der Waals surface area contributed by atoms with E-state index in [-0.39, 0.29) is 5.41 Å². The molecule has 1 heterocycles. The molecule has 0 spiro atoms. The average Bonchev–Trinajstić information content (AvgIpc) is 2.19. The standard InChI is InChI=1S/C11H12O2/c1-11(8-12)6-7-13-10-5-3-2-4-9(10)11/h2-5,8H,6-7H2,1H3. The smallest absolute Gasteiger partial charge is 0.130 e. The summed E-state index contributed by atoms with van der Waals surface area (Å²) < 4.78 is 5.46. The van der Waals surface area contributed by atoms with E-state index in [0.717, 1.165) is 24.0 Å². The van der Waals surface area contributed by atoms with Gasteiger partial charge in [0.15, 0.2) is 0 Å². The van der Waals surface area contributed by atoms with Gasteiger partial charge in [0.25, 0.3) is 0 Å². The van der Waals surface area contributed by atoms with Crippen LogP contribution >= 0.6 is 0 Å². The molecule has 0 bridgehead atoms. The van der Waals surface area contributed by atoms with Gasteiger partial charge in [0.1, 0.15) is 12.0 Å². The van der Waals surface area contributed by atoms with E-state index in [2.05, 4.69) is 0 Å². The molecule has 0 saturated heterocycles. The van der Waals surface area contributed by atoms with Crippen LogP contribution in [0.1, 0.15) is 18.9 Å². The normalized spacial score (nSPS) is 25.9. The Morgan fingerprint density at radius 3 is 3.00 bits per heavy atom. The van der Waals surface area contributed by atoms with Crippen molar-refractivity contribution in [2.45, 2.75) is 18.8 Å². The Bertz CT molecular complexity index is 333. The fraction of sp³-hybridized carbons (Fsp3) is 0.364. The van der Waals surface area contributed by atoms with Crippen LogP contribution < -0.4 is 4.74 Å². The maximum Gasteiger partial charge on any atom is 0.130 e. The first-order valence-electron chi connectivity index (χ1n) is 4.45. The van der Waals surface area contributed by atoms with Gasteiger partial charge in [-0.25, -0.2) is 0 Å². The van der Waals surface area contributed by atoms with Crippen molar-refractivity contribution in [3.8, 4) is 5.75 Å². The predicted molar refractivity (Wildman–Crippen MR) is 50.0 cm³/mol. The number of para-hydroxylation sites is 1. The highest BCUT2D eigenvalue weighted by molar-refractivity contribution is 5.70. The summed E-state index contributed by atoms with van der Waals surface area (Å²) in [6.45, 7) is 2.59. The van der Waals surface area contributed by atoms with Crippen molar-refractivity contribution in [2.75, 3.05) is 6.61 Å². The molecule has 1 atom stereocenters. The first-order valence-corrected chi connectivity index (χ1v) is 4.45. The molecular formula is C11H12O2. The molecule has 0 radical (unpaired) electrons. The highest BCUT2D eigenvalue weighted by Gasteiger charge is 2.32. The number of rotatable bonds is 1. The van der Waals surface area contributed by atoms with Crippen molar-refractivity contribution < 1.29 is 9.53 Å². The number of benzene rings is 1. The van der Waals surface area contributed by atoms with Gasteiger partial charge in [-0.15, -0.1) is 0 Å². The molecule has 2 nitrogen and oxygen atoms in total. The van der Waals surface area contributed by atoms with Crippen LogP contribution in [0.3, 0.4) is 0 Å². The lowest BCUT2D eigenvalue weighted by Crippen LogP contribution is -2.31. The van der Waals surface area contributed by atoms with Crippen molar-refractivity contribution in [1.82, 2.24) is 0 Å². The van der Waals surface area contributed by atoms with Crippen LogP contribution in [0, 0.1) is 0 Å². The second kappa shape index (κ2) is 2.87. The topological polar surface area (TPSA) is 26.3 Å². The SMILES string of the molecule is CC1(C=O)CCOc2ccccc21. The average molecular weight is 176 g/mol. The molecule has 1 aliphatic rings. The van der Waals surface area contributed by atoms with Gasteiger partial charge < -0.3 is 9.53 Å². The summed E-state index contributed by atoms with van der Waals surface area (Å²) in [6, 6.07) is 7.74. The minimum atomic E-state index is -0.352. The first-order chi connectivity index (χ1) is 6.26. The molecule has 2 rings (SSSR count). The molecule has 0 aromatic heterocycles. The Labute approximate surface area is 77.5 Å². The number of hydrogen-bond acceptors (Lipinski definition) is 2. The second-order valence-corrected chi connectivity index (χ2v) is 3.63.